The first-order valence-electron chi connectivity index (χ1n) is 8.44. The molecule has 4 atom stereocenters. The van der Waals surface area contributed by atoms with E-state index in [1.165, 1.54) is 47.0 Å². The molecule has 3 heteroatoms. The maximum absolute atomic E-state index is 6.41. The highest BCUT2D eigenvalue weighted by atomic mass is 35.5. The average Bonchev–Trinajstić information content (AvgIpc) is 3.01. The first-order valence-corrected chi connectivity index (χ1v) is 8.82. The molecule has 1 aliphatic carbocycles. The molecule has 3 aliphatic rings. The monoisotopic (exact) mass is 313 g/mol. The normalized spacial score (nSPS) is 36.6. The van der Waals surface area contributed by atoms with Gasteiger partial charge in [0.05, 0.1) is 25.8 Å². The number of quaternary nitrogens is 1. The van der Waals surface area contributed by atoms with Gasteiger partial charge in [-0.15, -0.1) is 0 Å². The molecule has 22 heavy (non-hydrogen) atoms. The summed E-state index contributed by atoms with van der Waals surface area (Å²) in [5, 5.41) is 2.52. The summed E-state index contributed by atoms with van der Waals surface area (Å²) in [6, 6.07) is 9.40. The summed E-state index contributed by atoms with van der Waals surface area (Å²) < 4.78 is 1.20. The molecule has 1 N–H and O–H groups in total. The van der Waals surface area contributed by atoms with E-state index in [4.69, 9.17) is 11.6 Å². The molecule has 0 radical (unpaired) electrons. The molecule has 114 valence electrons. The van der Waals surface area contributed by atoms with E-state index >= 15 is 0 Å². The number of aromatic nitrogens is 1. The molecular weight excluding hydrogens is 292 g/mol. The van der Waals surface area contributed by atoms with Crippen molar-refractivity contribution in [2.75, 3.05) is 20.1 Å². The van der Waals surface area contributed by atoms with E-state index in [0.29, 0.717) is 12.0 Å². The first-order chi connectivity index (χ1) is 10.7. The Kier molecular flexibility index (Phi) is 2.64. The maximum atomic E-state index is 6.41. The number of H-pyrrole nitrogens is 1. The van der Waals surface area contributed by atoms with Gasteiger partial charge in [-0.1, -0.05) is 35.9 Å². The van der Waals surface area contributed by atoms with E-state index in [9.17, 15) is 0 Å². The van der Waals surface area contributed by atoms with Crippen molar-refractivity contribution < 1.29 is 4.48 Å². The van der Waals surface area contributed by atoms with Gasteiger partial charge < -0.3 is 9.47 Å². The molecule has 0 amide bonds. The van der Waals surface area contributed by atoms with Crippen molar-refractivity contribution in [2.24, 2.45) is 11.8 Å². The molecule has 0 spiro atoms. The lowest BCUT2D eigenvalue weighted by molar-refractivity contribution is -0.932. The molecule has 3 heterocycles. The molecule has 1 aromatic heterocycles. The van der Waals surface area contributed by atoms with Crippen LogP contribution in [0.15, 0.2) is 35.4 Å². The summed E-state index contributed by atoms with van der Waals surface area (Å²) in [5.74, 6) is 1.50. The van der Waals surface area contributed by atoms with Crippen LogP contribution in [0.3, 0.4) is 0 Å². The third-order valence-corrected chi connectivity index (χ3v) is 6.73. The lowest BCUT2D eigenvalue weighted by Gasteiger charge is -2.41. The second kappa shape index (κ2) is 4.39. The Morgan fingerprint density at radius 1 is 1.27 bits per heavy atom. The fraction of sp³-hybridized carbons (Fsp3) is 0.474. The third-order valence-electron chi connectivity index (χ3n) is 6.42. The van der Waals surface area contributed by atoms with Gasteiger partial charge in [-0.2, -0.15) is 0 Å². The van der Waals surface area contributed by atoms with Gasteiger partial charge in [0.2, 0.25) is 0 Å². The molecule has 0 unspecified atom stereocenters. The van der Waals surface area contributed by atoms with Crippen LogP contribution in [0.5, 0.6) is 0 Å². The van der Waals surface area contributed by atoms with Crippen LogP contribution in [0.4, 0.5) is 0 Å². The Hall–Kier alpha value is -1.25. The van der Waals surface area contributed by atoms with Gasteiger partial charge >= 0.3 is 0 Å². The lowest BCUT2D eigenvalue weighted by atomic mass is 9.79. The van der Waals surface area contributed by atoms with Gasteiger partial charge in [0, 0.05) is 34.2 Å². The number of hydrogen-bond acceptors (Lipinski definition) is 0. The molecule has 2 nitrogen and oxygen atoms in total. The number of hydrogen-bond donors (Lipinski definition) is 1. The van der Waals surface area contributed by atoms with Crippen LogP contribution in [0, 0.1) is 11.8 Å². The minimum atomic E-state index is 0.601. The van der Waals surface area contributed by atoms with Crippen LogP contribution in [0.2, 0.25) is 0 Å². The number of benzene rings is 1. The molecule has 1 fully saturated rings. The Balaban J connectivity index is 1.69. The number of allylic oxidation sites excluding steroid dienone is 2. The summed E-state index contributed by atoms with van der Waals surface area (Å²) in [5.41, 5.74) is 4.39. The van der Waals surface area contributed by atoms with Gasteiger partial charge in [-0.25, -0.2) is 0 Å². The molecule has 0 saturated carbocycles. The minimum Gasteiger partial charge on any atom is -0.353 e. The van der Waals surface area contributed by atoms with Crippen molar-refractivity contribution in [3.8, 4) is 0 Å². The summed E-state index contributed by atoms with van der Waals surface area (Å²) >= 11 is 6.41. The fourth-order valence-electron chi connectivity index (χ4n) is 5.49. The Bertz CT molecular complexity index is 790. The summed E-state index contributed by atoms with van der Waals surface area (Å²) in [6.07, 6.45) is 5.70. The Morgan fingerprint density at radius 2 is 2.14 bits per heavy atom. The quantitative estimate of drug-likeness (QED) is 0.695. The van der Waals surface area contributed by atoms with Crippen LogP contribution in [0.1, 0.15) is 30.1 Å². The number of para-hydroxylation sites is 1. The highest BCUT2D eigenvalue weighted by Crippen LogP contribution is 2.54. The van der Waals surface area contributed by atoms with Crippen LogP contribution in [-0.2, 0) is 6.42 Å². The average molecular weight is 314 g/mol. The van der Waals surface area contributed by atoms with Crippen LogP contribution < -0.4 is 0 Å². The standard InChI is InChI=1S/C19H22ClN2/c1-22-9-8-15-14-4-2-3-5-17(14)21-18(15)19(22)16-10-13(20)7-6-12(16)11-22/h2-5,7,12,16,19,21H,6,8-11H2,1H3/q+1/t12-,16+,19-,22+/m0/s1. The number of fused-ring (bicyclic) bond motifs is 7. The Labute approximate surface area is 136 Å². The largest absolute Gasteiger partial charge is 0.353 e. The topological polar surface area (TPSA) is 15.8 Å². The van der Waals surface area contributed by atoms with Gasteiger partial charge in [0.1, 0.15) is 6.04 Å². The van der Waals surface area contributed by atoms with Crippen molar-refractivity contribution in [3.05, 3.63) is 46.6 Å². The molecule has 0 bridgehead atoms. The highest BCUT2D eigenvalue weighted by molar-refractivity contribution is 6.29. The maximum Gasteiger partial charge on any atom is 0.133 e. The number of nitrogens with one attached hydrogen (secondary N) is 1. The van der Waals surface area contributed by atoms with Gasteiger partial charge in [-0.05, 0) is 24.5 Å². The van der Waals surface area contributed by atoms with E-state index < -0.39 is 0 Å². The number of nitrogens with zero attached hydrogens (tertiary/aromatic N) is 1. The summed E-state index contributed by atoms with van der Waals surface area (Å²) in [6.45, 7) is 2.58. The SMILES string of the molecule is C[N@+]12CCc3c([nH]c4ccccc34)[C@@H]1[C@@H]1CC(Cl)=CC[C@H]1C2. The van der Waals surface area contributed by atoms with Gasteiger partial charge in [-0.3, -0.25) is 0 Å². The predicted molar refractivity (Wildman–Crippen MR) is 90.8 cm³/mol. The van der Waals surface area contributed by atoms with E-state index in [0.717, 1.165) is 17.4 Å². The number of rotatable bonds is 0. The first kappa shape index (κ1) is 13.2. The van der Waals surface area contributed by atoms with Crippen molar-refractivity contribution in [1.29, 1.82) is 0 Å². The predicted octanol–water partition coefficient (Wildman–Crippen LogP) is 4.37. The third kappa shape index (κ3) is 1.65. The van der Waals surface area contributed by atoms with Crippen LogP contribution >= 0.6 is 11.6 Å². The van der Waals surface area contributed by atoms with Crippen molar-refractivity contribution >= 4 is 22.5 Å². The van der Waals surface area contributed by atoms with Gasteiger partial charge in [0.15, 0.2) is 0 Å². The smallest absolute Gasteiger partial charge is 0.133 e. The zero-order valence-corrected chi connectivity index (χ0v) is 13.7. The highest BCUT2D eigenvalue weighted by Gasteiger charge is 2.55. The van der Waals surface area contributed by atoms with E-state index in [1.807, 2.05) is 0 Å². The van der Waals surface area contributed by atoms with E-state index in [1.54, 1.807) is 5.56 Å². The summed E-state index contributed by atoms with van der Waals surface area (Å²) in [7, 11) is 2.46. The second-order valence-electron chi connectivity index (χ2n) is 7.66. The van der Waals surface area contributed by atoms with Gasteiger partial charge in [0.25, 0.3) is 0 Å². The molecule has 1 aromatic carbocycles. The number of likely N-dealkylation sites (N-methyl/N-ethyl adjacent to an activating group) is 1. The van der Waals surface area contributed by atoms with E-state index in [-0.39, 0.29) is 0 Å². The number of halogens is 1. The van der Waals surface area contributed by atoms with E-state index in [2.05, 4.69) is 42.4 Å². The fourth-order valence-corrected chi connectivity index (χ4v) is 5.75. The minimum absolute atomic E-state index is 0.601. The molecule has 1 saturated heterocycles. The lowest BCUT2D eigenvalue weighted by Crippen LogP contribution is -2.48. The second-order valence-corrected chi connectivity index (χ2v) is 8.14. The van der Waals surface area contributed by atoms with Crippen molar-refractivity contribution in [1.82, 2.24) is 4.98 Å². The van der Waals surface area contributed by atoms with Crippen molar-refractivity contribution in [3.63, 3.8) is 0 Å². The summed E-state index contributed by atoms with van der Waals surface area (Å²) in [4.78, 5) is 3.78. The van der Waals surface area contributed by atoms with Crippen molar-refractivity contribution in [2.45, 2.75) is 25.3 Å². The molecule has 2 aromatic rings. The molecular formula is C19H22ClN2+. The molecule has 2 aliphatic heterocycles. The molecule has 5 rings (SSSR count). The van der Waals surface area contributed by atoms with Crippen LogP contribution in [-0.4, -0.2) is 29.6 Å². The number of aromatic amines is 1. The zero-order chi connectivity index (χ0) is 14.9. The van der Waals surface area contributed by atoms with Crippen LogP contribution in [0.25, 0.3) is 10.9 Å². The Morgan fingerprint density at radius 3 is 3.05 bits per heavy atom. The zero-order valence-electron chi connectivity index (χ0n) is 13.0.